The van der Waals surface area contributed by atoms with Crippen molar-refractivity contribution < 1.29 is 32.2 Å². The summed E-state index contributed by atoms with van der Waals surface area (Å²) in [5.41, 5.74) is -0.895. The first kappa shape index (κ1) is 20.5. The maximum absolute atomic E-state index is 12.9. The van der Waals surface area contributed by atoms with E-state index in [1.54, 1.807) is 0 Å². The molecule has 5 nitrogen and oxygen atoms in total. The van der Waals surface area contributed by atoms with Gasteiger partial charge in [0.1, 0.15) is 19.0 Å². The highest BCUT2D eigenvalue weighted by Gasteiger charge is 2.31. The maximum atomic E-state index is 12.9. The van der Waals surface area contributed by atoms with Crippen LogP contribution < -0.4 is 10.1 Å². The zero-order valence-electron chi connectivity index (χ0n) is 14.7. The summed E-state index contributed by atoms with van der Waals surface area (Å²) in [4.78, 5) is 12.1. The fourth-order valence-electron chi connectivity index (χ4n) is 2.78. The molecule has 1 fully saturated rings. The molecule has 0 bridgehead atoms. The molecule has 0 unspecified atom stereocenters. The molecule has 1 N–H and O–H groups in total. The Morgan fingerprint density at radius 3 is 2.58 bits per heavy atom. The average Bonchev–Trinajstić information content (AvgIpc) is 2.61. The predicted molar refractivity (Wildman–Crippen MR) is 90.3 cm³/mol. The molecule has 0 spiro atoms. The molecule has 146 valence electrons. The molecule has 0 heterocycles. The molecular weight excluding hydrogens is 351 g/mol. The van der Waals surface area contributed by atoms with E-state index in [4.69, 9.17) is 14.2 Å². The van der Waals surface area contributed by atoms with Gasteiger partial charge in [0.05, 0.1) is 24.0 Å². The molecule has 1 amide bonds. The number of halogens is 3. The molecule has 1 aliphatic carbocycles. The summed E-state index contributed by atoms with van der Waals surface area (Å²) in [6, 6.07) is 2.97. The maximum Gasteiger partial charge on any atom is 0.416 e. The second-order valence-corrected chi connectivity index (χ2v) is 6.17. The molecule has 8 heteroatoms. The summed E-state index contributed by atoms with van der Waals surface area (Å²) in [7, 11) is 1.49. The van der Waals surface area contributed by atoms with Gasteiger partial charge in [0.15, 0.2) is 0 Å². The molecule has 0 radical (unpaired) electrons. The van der Waals surface area contributed by atoms with Gasteiger partial charge in [0.2, 0.25) is 5.91 Å². The van der Waals surface area contributed by atoms with Crippen LogP contribution in [0.3, 0.4) is 0 Å². The van der Waals surface area contributed by atoms with Crippen molar-refractivity contribution in [3.8, 4) is 5.75 Å². The highest BCUT2D eigenvalue weighted by Crippen LogP contribution is 2.35. The molecule has 0 saturated heterocycles. The Balaban J connectivity index is 2.01. The number of benzene rings is 1. The van der Waals surface area contributed by atoms with Crippen LogP contribution in [0.5, 0.6) is 5.75 Å². The van der Waals surface area contributed by atoms with Crippen molar-refractivity contribution in [1.82, 2.24) is 0 Å². The number of rotatable bonds is 8. The topological polar surface area (TPSA) is 56.8 Å². The number of carbonyl (C=O) groups is 1. The van der Waals surface area contributed by atoms with Crippen molar-refractivity contribution in [3.63, 3.8) is 0 Å². The normalized spacial score (nSPS) is 15.7. The molecule has 0 aliphatic heterocycles. The van der Waals surface area contributed by atoms with Crippen LogP contribution in [0, 0.1) is 0 Å². The standard InChI is InChI=1S/C18H24F3NO4/c1-24-9-10-25-16-8-7-13(18(19,20)21)11-15(16)22-17(23)12-26-14-5-3-2-4-6-14/h7-8,11,14H,2-6,9-10,12H2,1H3,(H,22,23). The van der Waals surface area contributed by atoms with Crippen LogP contribution in [-0.4, -0.2) is 38.9 Å². The lowest BCUT2D eigenvalue weighted by Gasteiger charge is -2.22. The lowest BCUT2D eigenvalue weighted by molar-refractivity contribution is -0.137. The Morgan fingerprint density at radius 1 is 1.19 bits per heavy atom. The summed E-state index contributed by atoms with van der Waals surface area (Å²) in [6.45, 7) is 0.237. The fourth-order valence-corrected chi connectivity index (χ4v) is 2.78. The van der Waals surface area contributed by atoms with Gasteiger partial charge >= 0.3 is 6.18 Å². The van der Waals surface area contributed by atoms with Crippen LogP contribution in [0.15, 0.2) is 18.2 Å². The molecule has 0 aromatic heterocycles. The first-order valence-electron chi connectivity index (χ1n) is 8.64. The fraction of sp³-hybridized carbons (Fsp3) is 0.611. The van der Waals surface area contributed by atoms with Gasteiger partial charge in [-0.2, -0.15) is 13.2 Å². The minimum absolute atomic E-state index is 0.0341. The van der Waals surface area contributed by atoms with Crippen LogP contribution in [0.25, 0.3) is 0 Å². The summed E-state index contributed by atoms with van der Waals surface area (Å²) in [5, 5.41) is 2.46. The lowest BCUT2D eigenvalue weighted by atomic mass is 9.98. The van der Waals surface area contributed by atoms with E-state index >= 15 is 0 Å². The van der Waals surface area contributed by atoms with Gasteiger partial charge in [-0.3, -0.25) is 4.79 Å². The summed E-state index contributed by atoms with van der Waals surface area (Å²) >= 11 is 0. The number of methoxy groups -OCH3 is 1. The van der Waals surface area contributed by atoms with E-state index in [9.17, 15) is 18.0 Å². The second kappa shape index (κ2) is 9.78. The van der Waals surface area contributed by atoms with Crippen LogP contribution in [0.2, 0.25) is 0 Å². The molecule has 2 rings (SSSR count). The van der Waals surface area contributed by atoms with Crippen LogP contribution in [0.1, 0.15) is 37.7 Å². The van der Waals surface area contributed by atoms with Crippen molar-refractivity contribution in [1.29, 1.82) is 0 Å². The van der Waals surface area contributed by atoms with Crippen molar-refractivity contribution in [3.05, 3.63) is 23.8 Å². The molecule has 0 atom stereocenters. The van der Waals surface area contributed by atoms with Crippen molar-refractivity contribution in [2.75, 3.05) is 32.2 Å². The molecule has 1 aliphatic rings. The highest BCUT2D eigenvalue weighted by molar-refractivity contribution is 5.93. The zero-order valence-corrected chi connectivity index (χ0v) is 14.7. The van der Waals surface area contributed by atoms with Crippen LogP contribution in [0.4, 0.5) is 18.9 Å². The number of ether oxygens (including phenoxy) is 3. The van der Waals surface area contributed by atoms with Gasteiger partial charge in [-0.1, -0.05) is 19.3 Å². The second-order valence-electron chi connectivity index (χ2n) is 6.17. The minimum Gasteiger partial charge on any atom is -0.489 e. The van der Waals surface area contributed by atoms with Gasteiger partial charge in [-0.05, 0) is 31.0 Å². The number of nitrogens with one attached hydrogen (secondary N) is 1. The summed E-state index contributed by atoms with van der Waals surface area (Å²) in [5.74, 6) is -0.354. The Kier molecular flexibility index (Phi) is 7.71. The largest absolute Gasteiger partial charge is 0.489 e. The van der Waals surface area contributed by atoms with Crippen molar-refractivity contribution in [2.45, 2.75) is 44.4 Å². The highest BCUT2D eigenvalue weighted by atomic mass is 19.4. The van der Waals surface area contributed by atoms with Crippen molar-refractivity contribution in [2.24, 2.45) is 0 Å². The number of hydrogen-bond donors (Lipinski definition) is 1. The molecular formula is C18H24F3NO4. The monoisotopic (exact) mass is 375 g/mol. The van der Waals surface area contributed by atoms with E-state index in [-0.39, 0.29) is 37.4 Å². The quantitative estimate of drug-likeness (QED) is 0.698. The van der Waals surface area contributed by atoms with E-state index in [2.05, 4.69) is 5.32 Å². The first-order chi connectivity index (χ1) is 12.4. The lowest BCUT2D eigenvalue weighted by Crippen LogP contribution is -2.25. The average molecular weight is 375 g/mol. The number of alkyl halides is 3. The third-order valence-corrected chi connectivity index (χ3v) is 4.13. The Labute approximate surface area is 150 Å². The van der Waals surface area contributed by atoms with Gasteiger partial charge in [-0.25, -0.2) is 0 Å². The first-order valence-corrected chi connectivity index (χ1v) is 8.64. The molecule has 1 saturated carbocycles. The van der Waals surface area contributed by atoms with Gasteiger partial charge in [0, 0.05) is 7.11 Å². The molecule has 1 aromatic rings. The predicted octanol–water partition coefficient (Wildman–Crippen LogP) is 4.02. The van der Waals surface area contributed by atoms with Gasteiger partial charge < -0.3 is 19.5 Å². The number of anilines is 1. The number of amides is 1. The van der Waals surface area contributed by atoms with Crippen molar-refractivity contribution >= 4 is 11.6 Å². The van der Waals surface area contributed by atoms with Gasteiger partial charge in [0.25, 0.3) is 0 Å². The van der Waals surface area contributed by atoms with Crippen LogP contribution >= 0.6 is 0 Å². The smallest absolute Gasteiger partial charge is 0.416 e. The molecule has 26 heavy (non-hydrogen) atoms. The number of hydrogen-bond acceptors (Lipinski definition) is 4. The van der Waals surface area contributed by atoms with E-state index in [0.29, 0.717) is 0 Å². The third kappa shape index (κ3) is 6.49. The zero-order chi connectivity index (χ0) is 19.0. The van der Waals surface area contributed by atoms with Crippen LogP contribution in [-0.2, 0) is 20.4 Å². The van der Waals surface area contributed by atoms with E-state index in [1.807, 2.05) is 0 Å². The summed E-state index contributed by atoms with van der Waals surface area (Å²) in [6.07, 6.45) is 0.634. The van der Waals surface area contributed by atoms with E-state index < -0.39 is 17.6 Å². The van der Waals surface area contributed by atoms with E-state index in [0.717, 1.165) is 37.8 Å². The SMILES string of the molecule is COCCOc1ccc(C(F)(F)F)cc1NC(=O)COC1CCCCC1. The molecule has 1 aromatic carbocycles. The Hall–Kier alpha value is -1.80. The van der Waals surface area contributed by atoms with Gasteiger partial charge in [-0.15, -0.1) is 0 Å². The minimum atomic E-state index is -4.51. The Morgan fingerprint density at radius 2 is 1.92 bits per heavy atom. The third-order valence-electron chi connectivity index (χ3n) is 4.13. The number of carbonyl (C=O) groups excluding carboxylic acids is 1. The summed E-state index contributed by atoms with van der Waals surface area (Å²) < 4.78 is 54.6. The van der Waals surface area contributed by atoms with E-state index in [1.165, 1.54) is 19.6 Å². The Bertz CT molecular complexity index is 586.